The molecule has 0 spiro atoms. The SMILES string of the molecule is C/C=C(/C)C(=O)O[C@H]1CC(C)(C)CC2C3=CCC4[C@@]5(C)CC[C@H](O[C@@H]6O[C@H](C(=O)O)[C@@H](O)[C@H](O)[C@H]6O[C@H]6O[C@@H](CO)[C@@H](O)[C@@H](O)[C@@H]6O[C@@H]6O[C@@H](C)[C@H](O)[C@@H](O)[C@H]6O)C(C)(C)C5CC[C@@]4(C)[C@]3(C)[C@@H](O)[C@@H](O)[C@]21CO. The van der Waals surface area contributed by atoms with E-state index in [1.165, 1.54) is 6.92 Å². The molecule has 7 fully saturated rings. The zero-order chi connectivity index (χ0) is 54.7. The van der Waals surface area contributed by atoms with Crippen molar-refractivity contribution in [2.45, 2.75) is 231 Å². The minimum atomic E-state index is -2.09. The minimum Gasteiger partial charge on any atom is -0.479 e. The van der Waals surface area contributed by atoms with Gasteiger partial charge in [0.2, 0.25) is 0 Å². The van der Waals surface area contributed by atoms with Gasteiger partial charge in [0.25, 0.3) is 0 Å². The van der Waals surface area contributed by atoms with Crippen molar-refractivity contribution >= 4 is 11.9 Å². The molecule has 0 aromatic heterocycles. The second-order valence-electron chi connectivity index (χ2n) is 25.1. The molecule has 0 bridgehead atoms. The summed E-state index contributed by atoms with van der Waals surface area (Å²) in [6.07, 6.45) is -23.3. The maximum Gasteiger partial charge on any atom is 0.335 e. The number of esters is 1. The molecule has 3 unspecified atom stereocenters. The maximum absolute atomic E-state index is 13.4. The number of hydrogen-bond acceptors (Lipinski definition) is 20. The van der Waals surface area contributed by atoms with Crippen LogP contribution < -0.4 is 0 Å². The average molecular weight is 1060 g/mol. The molecule has 12 N–H and O–H groups in total. The Morgan fingerprint density at radius 1 is 0.703 bits per heavy atom. The van der Waals surface area contributed by atoms with Gasteiger partial charge in [-0.25, -0.2) is 9.59 Å². The number of carbonyl (C=O) groups excluding carboxylic acids is 1. The van der Waals surface area contributed by atoms with Gasteiger partial charge >= 0.3 is 11.9 Å². The summed E-state index contributed by atoms with van der Waals surface area (Å²) < 4.78 is 42.5. The highest BCUT2D eigenvalue weighted by molar-refractivity contribution is 5.87. The number of hydrogen-bond donors (Lipinski definition) is 12. The highest BCUT2D eigenvalue weighted by Gasteiger charge is 2.75. The molecule has 422 valence electrons. The molecule has 21 heteroatoms. The number of fused-ring (bicyclic) bond motifs is 7. The second-order valence-corrected chi connectivity index (χ2v) is 25.1. The molecule has 0 radical (unpaired) electrons. The Balaban J connectivity index is 1.09. The number of carbonyl (C=O) groups is 2. The topological polar surface area (TPSA) is 342 Å². The van der Waals surface area contributed by atoms with Gasteiger partial charge in [-0.3, -0.25) is 0 Å². The lowest BCUT2D eigenvalue weighted by molar-refractivity contribution is -0.395. The van der Waals surface area contributed by atoms with E-state index in [1.54, 1.807) is 19.9 Å². The zero-order valence-electron chi connectivity index (χ0n) is 44.3. The van der Waals surface area contributed by atoms with Gasteiger partial charge in [-0.2, -0.15) is 0 Å². The van der Waals surface area contributed by atoms with Crippen LogP contribution in [-0.4, -0.2) is 203 Å². The molecule has 26 atom stereocenters. The molecule has 8 rings (SSSR count). The molecular weight excluding hydrogens is 973 g/mol. The van der Waals surface area contributed by atoms with Gasteiger partial charge in [-0.05, 0) is 105 Å². The lowest BCUT2D eigenvalue weighted by atomic mass is 9.32. The van der Waals surface area contributed by atoms with Crippen LogP contribution in [-0.2, 0) is 42.7 Å². The Labute approximate surface area is 432 Å². The Hall–Kier alpha value is -2.26. The molecule has 74 heavy (non-hydrogen) atoms. The third-order valence-electron chi connectivity index (χ3n) is 20.5. The number of aliphatic carboxylic acids is 1. The number of aliphatic hydroxyl groups is 11. The quantitative estimate of drug-likeness (QED) is 0.0568. The van der Waals surface area contributed by atoms with E-state index in [4.69, 9.17) is 33.2 Å². The number of aliphatic hydroxyl groups excluding tert-OH is 11. The van der Waals surface area contributed by atoms with Crippen molar-refractivity contribution in [3.63, 3.8) is 0 Å². The Kier molecular flexibility index (Phi) is 16.0. The van der Waals surface area contributed by atoms with Crippen LogP contribution in [0.2, 0.25) is 0 Å². The molecular formula is C53H84O21. The van der Waals surface area contributed by atoms with Crippen molar-refractivity contribution in [3.8, 4) is 0 Å². The number of carboxylic acids is 1. The first-order valence-corrected chi connectivity index (χ1v) is 26.5. The van der Waals surface area contributed by atoms with E-state index in [0.29, 0.717) is 50.5 Å². The first-order chi connectivity index (χ1) is 34.4. The van der Waals surface area contributed by atoms with Gasteiger partial charge in [0.15, 0.2) is 25.0 Å². The predicted molar refractivity (Wildman–Crippen MR) is 257 cm³/mol. The van der Waals surface area contributed by atoms with E-state index >= 15 is 0 Å². The van der Waals surface area contributed by atoms with Crippen molar-refractivity contribution in [2.75, 3.05) is 13.2 Å². The third kappa shape index (κ3) is 8.87. The van der Waals surface area contributed by atoms with Crippen LogP contribution >= 0.6 is 0 Å². The minimum absolute atomic E-state index is 0.0511. The summed E-state index contributed by atoms with van der Waals surface area (Å²) in [5, 5.41) is 134. The summed E-state index contributed by atoms with van der Waals surface area (Å²) >= 11 is 0. The molecule has 21 nitrogen and oxygen atoms in total. The van der Waals surface area contributed by atoms with Crippen LogP contribution in [0.5, 0.6) is 0 Å². The first-order valence-electron chi connectivity index (χ1n) is 26.5. The Morgan fingerprint density at radius 2 is 1.32 bits per heavy atom. The lowest BCUT2D eigenvalue weighted by Gasteiger charge is -2.73. The average Bonchev–Trinajstić information content (AvgIpc) is 3.33. The van der Waals surface area contributed by atoms with Crippen LogP contribution in [0, 0.1) is 50.2 Å². The van der Waals surface area contributed by atoms with Gasteiger partial charge in [-0.1, -0.05) is 66.2 Å². The van der Waals surface area contributed by atoms with E-state index in [0.717, 1.165) is 5.57 Å². The highest BCUT2D eigenvalue weighted by atomic mass is 16.8. The van der Waals surface area contributed by atoms with Crippen molar-refractivity contribution in [1.29, 1.82) is 0 Å². The number of ether oxygens (including phenoxy) is 7. The molecule has 3 aliphatic heterocycles. The summed E-state index contributed by atoms with van der Waals surface area (Å²) in [6, 6.07) is 0. The largest absolute Gasteiger partial charge is 0.479 e. The van der Waals surface area contributed by atoms with Crippen molar-refractivity contribution in [3.05, 3.63) is 23.3 Å². The molecule has 3 heterocycles. The van der Waals surface area contributed by atoms with Crippen LogP contribution in [0.15, 0.2) is 23.3 Å². The van der Waals surface area contributed by atoms with Gasteiger partial charge in [0.05, 0.1) is 43.0 Å². The molecule has 8 aliphatic rings. The van der Waals surface area contributed by atoms with E-state index in [1.807, 2.05) is 20.8 Å². The van der Waals surface area contributed by atoms with Gasteiger partial charge < -0.3 is 94.4 Å². The van der Waals surface area contributed by atoms with Gasteiger partial charge in [-0.15, -0.1) is 0 Å². The summed E-state index contributed by atoms with van der Waals surface area (Å²) in [6.45, 7) is 18.2. The third-order valence-corrected chi connectivity index (χ3v) is 20.5. The summed E-state index contributed by atoms with van der Waals surface area (Å²) in [5.41, 5.74) is -3.07. The van der Waals surface area contributed by atoms with E-state index in [9.17, 15) is 70.9 Å². The molecule has 0 amide bonds. The second kappa shape index (κ2) is 20.4. The van der Waals surface area contributed by atoms with E-state index < -0.39 is 175 Å². The lowest BCUT2D eigenvalue weighted by Crippen LogP contribution is -2.74. The standard InChI is InChI=1S/C53H84O21/c1-11-22(2)44(67)70-30-19-48(4,5)18-25-24-12-13-28-50(8)16-15-29(49(6,7)27(50)14-17-51(28,9)52(24,10)41(63)42(64)53(25,30)21-55)71-47-40(36(61)35(60)38(72-47)43(65)66)74-46-39(34(59)32(57)26(20-54)69-46)73-45-37(62)33(58)31(56)23(3)68-45/h11-12,23,25-42,45-47,54-64H,13-21H2,1-10H3,(H,65,66)/b22-11-/t23-,25?,26-,27?,28?,29-,30-,31-,32+,33+,34+,35-,36-,37+,38-,39-,40+,41-,42+,45-,46+,47+,50-,51+,52-,53+/m0/s1. The monoisotopic (exact) mass is 1060 g/mol. The van der Waals surface area contributed by atoms with Crippen LogP contribution in [0.25, 0.3) is 0 Å². The first kappa shape index (κ1) is 57.9. The predicted octanol–water partition coefficient (Wildman–Crippen LogP) is 0.163. The Bertz CT molecular complexity index is 2140. The van der Waals surface area contributed by atoms with Crippen LogP contribution in [0.4, 0.5) is 0 Å². The van der Waals surface area contributed by atoms with Crippen molar-refractivity contribution in [2.24, 2.45) is 50.2 Å². The molecule has 3 saturated heterocycles. The van der Waals surface area contributed by atoms with Crippen molar-refractivity contribution < 1.29 is 104 Å². The number of carboxylic acid groups (broad SMARTS) is 1. The zero-order valence-corrected chi connectivity index (χ0v) is 44.3. The van der Waals surface area contributed by atoms with Gasteiger partial charge in [0.1, 0.15) is 67.1 Å². The number of allylic oxidation sites excluding steroid dienone is 2. The fourth-order valence-electron chi connectivity index (χ4n) is 15.9. The van der Waals surface area contributed by atoms with Crippen LogP contribution in [0.1, 0.15) is 114 Å². The number of rotatable bonds is 11. The Morgan fingerprint density at radius 3 is 1.93 bits per heavy atom. The molecule has 4 saturated carbocycles. The molecule has 0 aromatic rings. The van der Waals surface area contributed by atoms with Crippen LogP contribution in [0.3, 0.4) is 0 Å². The highest BCUT2D eigenvalue weighted by Crippen LogP contribution is 2.76. The maximum atomic E-state index is 13.4. The van der Waals surface area contributed by atoms with Crippen molar-refractivity contribution in [1.82, 2.24) is 0 Å². The normalized spacial score (nSPS) is 52.1. The molecule has 0 aromatic carbocycles. The summed E-state index contributed by atoms with van der Waals surface area (Å²) in [5.74, 6) is -2.70. The molecule has 5 aliphatic carbocycles. The summed E-state index contributed by atoms with van der Waals surface area (Å²) in [4.78, 5) is 25.9. The fourth-order valence-corrected chi connectivity index (χ4v) is 15.9. The smallest absolute Gasteiger partial charge is 0.335 e. The fraction of sp³-hybridized carbons (Fsp3) is 0.887. The summed E-state index contributed by atoms with van der Waals surface area (Å²) in [7, 11) is 0. The van der Waals surface area contributed by atoms with E-state index in [2.05, 4.69) is 33.8 Å². The van der Waals surface area contributed by atoms with Gasteiger partial charge in [0, 0.05) is 11.0 Å². The van der Waals surface area contributed by atoms with E-state index in [-0.39, 0.29) is 17.3 Å².